The van der Waals surface area contributed by atoms with Gasteiger partial charge in [0.15, 0.2) is 0 Å². The van der Waals surface area contributed by atoms with E-state index in [2.05, 4.69) is 4.90 Å². The number of para-hydroxylation sites is 1. The van der Waals surface area contributed by atoms with E-state index in [9.17, 15) is 14.7 Å². The lowest BCUT2D eigenvalue weighted by molar-refractivity contribution is -0.137. The van der Waals surface area contributed by atoms with E-state index in [1.54, 1.807) is 23.1 Å². The van der Waals surface area contributed by atoms with Gasteiger partial charge in [-0.3, -0.25) is 14.5 Å². The molecule has 22 heavy (non-hydrogen) atoms. The second-order valence-electron chi connectivity index (χ2n) is 5.50. The van der Waals surface area contributed by atoms with E-state index >= 15 is 0 Å². The fourth-order valence-electron chi connectivity index (χ4n) is 2.61. The molecule has 0 saturated carbocycles. The second kappa shape index (κ2) is 7.79. The summed E-state index contributed by atoms with van der Waals surface area (Å²) in [7, 11) is 0. The molecule has 1 aliphatic heterocycles. The number of hydrogen-bond acceptors (Lipinski definition) is 4. The normalized spacial score (nSPS) is 15.7. The average Bonchev–Trinajstić information content (AvgIpc) is 2.52. The summed E-state index contributed by atoms with van der Waals surface area (Å²) in [5.41, 5.74) is 0.345. The van der Waals surface area contributed by atoms with Gasteiger partial charge in [-0.25, -0.2) is 0 Å². The maximum atomic E-state index is 12.3. The number of unbranched alkanes of at least 4 members (excludes halogenated alkanes) is 1. The molecule has 1 saturated heterocycles. The summed E-state index contributed by atoms with van der Waals surface area (Å²) >= 11 is 0. The third-order valence-electron chi connectivity index (χ3n) is 3.91. The topological polar surface area (TPSA) is 81.1 Å². The van der Waals surface area contributed by atoms with Crippen LogP contribution >= 0.6 is 0 Å². The van der Waals surface area contributed by atoms with Crippen LogP contribution in [0.15, 0.2) is 24.3 Å². The van der Waals surface area contributed by atoms with Gasteiger partial charge in [-0.1, -0.05) is 12.1 Å². The Morgan fingerprint density at radius 2 is 1.73 bits per heavy atom. The van der Waals surface area contributed by atoms with Gasteiger partial charge in [-0.05, 0) is 31.5 Å². The van der Waals surface area contributed by atoms with E-state index in [1.165, 1.54) is 6.07 Å². The lowest BCUT2D eigenvalue weighted by atomic mass is 10.1. The third-order valence-corrected chi connectivity index (χ3v) is 3.91. The molecule has 2 rings (SSSR count). The molecule has 0 unspecified atom stereocenters. The second-order valence-corrected chi connectivity index (χ2v) is 5.50. The standard InChI is InChI=1S/C16H22N2O4/c19-14-6-2-1-5-13(14)16(22)18-11-9-17(10-12-18)8-4-3-7-15(20)21/h1-2,5-6,19H,3-4,7-12H2,(H,20,21). The fourth-order valence-corrected chi connectivity index (χ4v) is 2.61. The highest BCUT2D eigenvalue weighted by Gasteiger charge is 2.23. The molecule has 1 heterocycles. The smallest absolute Gasteiger partial charge is 0.303 e. The van der Waals surface area contributed by atoms with Crippen LogP contribution in [-0.2, 0) is 4.79 Å². The average molecular weight is 306 g/mol. The minimum atomic E-state index is -0.752. The Kier molecular flexibility index (Phi) is 5.77. The van der Waals surface area contributed by atoms with E-state index in [-0.39, 0.29) is 18.1 Å². The predicted octanol–water partition coefficient (Wildman–Crippen LogP) is 1.40. The summed E-state index contributed by atoms with van der Waals surface area (Å²) in [4.78, 5) is 26.8. The van der Waals surface area contributed by atoms with Crippen molar-refractivity contribution < 1.29 is 19.8 Å². The molecule has 0 radical (unpaired) electrons. The van der Waals surface area contributed by atoms with E-state index in [0.717, 1.165) is 26.1 Å². The molecule has 2 N–H and O–H groups in total. The Hall–Kier alpha value is -2.08. The van der Waals surface area contributed by atoms with Crippen LogP contribution in [-0.4, -0.2) is 64.6 Å². The van der Waals surface area contributed by atoms with Crippen LogP contribution in [0.3, 0.4) is 0 Å². The molecule has 1 amide bonds. The van der Waals surface area contributed by atoms with Crippen molar-refractivity contribution in [2.75, 3.05) is 32.7 Å². The number of carbonyl (C=O) groups is 2. The van der Waals surface area contributed by atoms with Crippen LogP contribution in [0.4, 0.5) is 0 Å². The SMILES string of the molecule is O=C(O)CCCCN1CCN(C(=O)c2ccccc2O)CC1. The Bertz CT molecular complexity index is 525. The molecule has 120 valence electrons. The number of carboxylic acid groups (broad SMARTS) is 1. The predicted molar refractivity (Wildman–Crippen MR) is 81.9 cm³/mol. The summed E-state index contributed by atoms with van der Waals surface area (Å²) in [6, 6.07) is 6.59. The van der Waals surface area contributed by atoms with Gasteiger partial charge < -0.3 is 15.1 Å². The third kappa shape index (κ3) is 4.46. The van der Waals surface area contributed by atoms with Crippen molar-refractivity contribution in [2.24, 2.45) is 0 Å². The molecular formula is C16H22N2O4. The maximum absolute atomic E-state index is 12.3. The number of phenols is 1. The first-order valence-electron chi connectivity index (χ1n) is 7.59. The lowest BCUT2D eigenvalue weighted by Gasteiger charge is -2.34. The Balaban J connectivity index is 1.76. The molecule has 1 aromatic carbocycles. The first-order valence-corrected chi connectivity index (χ1v) is 7.59. The Morgan fingerprint density at radius 1 is 1.05 bits per heavy atom. The number of carbonyl (C=O) groups excluding carboxylic acids is 1. The highest BCUT2D eigenvalue weighted by Crippen LogP contribution is 2.18. The number of hydrogen-bond donors (Lipinski definition) is 2. The van der Waals surface area contributed by atoms with Crippen molar-refractivity contribution in [1.82, 2.24) is 9.80 Å². The molecular weight excluding hydrogens is 284 g/mol. The molecule has 6 heteroatoms. The van der Waals surface area contributed by atoms with Crippen molar-refractivity contribution in [3.8, 4) is 5.75 Å². The fraction of sp³-hybridized carbons (Fsp3) is 0.500. The number of rotatable bonds is 6. The van der Waals surface area contributed by atoms with Crippen molar-refractivity contribution in [3.05, 3.63) is 29.8 Å². The van der Waals surface area contributed by atoms with E-state index < -0.39 is 5.97 Å². The maximum Gasteiger partial charge on any atom is 0.303 e. The minimum Gasteiger partial charge on any atom is -0.507 e. The molecule has 0 atom stereocenters. The molecule has 0 aliphatic carbocycles. The molecule has 1 fully saturated rings. The zero-order valence-electron chi connectivity index (χ0n) is 12.6. The quantitative estimate of drug-likeness (QED) is 0.777. The van der Waals surface area contributed by atoms with E-state index in [0.29, 0.717) is 25.1 Å². The number of benzene rings is 1. The van der Waals surface area contributed by atoms with Crippen LogP contribution in [0.1, 0.15) is 29.6 Å². The number of phenolic OH excluding ortho intramolecular Hbond substituents is 1. The molecule has 1 aromatic rings. The summed E-state index contributed by atoms with van der Waals surface area (Å²) in [5, 5.41) is 18.3. The van der Waals surface area contributed by atoms with Gasteiger partial charge in [0.25, 0.3) is 5.91 Å². The van der Waals surface area contributed by atoms with Crippen LogP contribution < -0.4 is 0 Å². The number of nitrogens with zero attached hydrogens (tertiary/aromatic N) is 2. The number of carboxylic acids is 1. The first kappa shape index (κ1) is 16.3. The number of amides is 1. The summed E-state index contributed by atoms with van der Waals surface area (Å²) in [5.74, 6) is -0.870. The summed E-state index contributed by atoms with van der Waals surface area (Å²) in [6.45, 7) is 3.70. The number of aliphatic carboxylic acids is 1. The highest BCUT2D eigenvalue weighted by atomic mass is 16.4. The number of aromatic hydroxyl groups is 1. The van der Waals surface area contributed by atoms with Crippen LogP contribution in [0.2, 0.25) is 0 Å². The van der Waals surface area contributed by atoms with Crippen molar-refractivity contribution in [1.29, 1.82) is 0 Å². The van der Waals surface area contributed by atoms with Crippen molar-refractivity contribution in [2.45, 2.75) is 19.3 Å². The molecule has 0 aromatic heterocycles. The Labute approximate surface area is 130 Å². The lowest BCUT2D eigenvalue weighted by Crippen LogP contribution is -2.48. The van der Waals surface area contributed by atoms with E-state index in [4.69, 9.17) is 5.11 Å². The molecule has 6 nitrogen and oxygen atoms in total. The zero-order valence-corrected chi connectivity index (χ0v) is 12.6. The van der Waals surface area contributed by atoms with Gasteiger partial charge in [0.1, 0.15) is 5.75 Å². The summed E-state index contributed by atoms with van der Waals surface area (Å²) < 4.78 is 0. The molecule has 0 spiro atoms. The first-order chi connectivity index (χ1) is 10.6. The van der Waals surface area contributed by atoms with Gasteiger partial charge in [0.05, 0.1) is 5.56 Å². The highest BCUT2D eigenvalue weighted by molar-refractivity contribution is 5.96. The summed E-state index contributed by atoms with van der Waals surface area (Å²) in [6.07, 6.45) is 1.76. The van der Waals surface area contributed by atoms with E-state index in [1.807, 2.05) is 0 Å². The largest absolute Gasteiger partial charge is 0.507 e. The zero-order chi connectivity index (χ0) is 15.9. The van der Waals surface area contributed by atoms with Gasteiger partial charge in [-0.2, -0.15) is 0 Å². The number of piperazine rings is 1. The van der Waals surface area contributed by atoms with Gasteiger partial charge in [0.2, 0.25) is 0 Å². The minimum absolute atomic E-state index is 0.0172. The van der Waals surface area contributed by atoms with Crippen molar-refractivity contribution in [3.63, 3.8) is 0 Å². The molecule has 0 bridgehead atoms. The van der Waals surface area contributed by atoms with Crippen LogP contribution in [0.25, 0.3) is 0 Å². The Morgan fingerprint density at radius 3 is 2.36 bits per heavy atom. The van der Waals surface area contributed by atoms with Gasteiger partial charge >= 0.3 is 5.97 Å². The van der Waals surface area contributed by atoms with Crippen LogP contribution in [0.5, 0.6) is 5.75 Å². The van der Waals surface area contributed by atoms with Crippen molar-refractivity contribution >= 4 is 11.9 Å². The molecule has 1 aliphatic rings. The van der Waals surface area contributed by atoms with Gasteiger partial charge in [-0.15, -0.1) is 0 Å². The monoisotopic (exact) mass is 306 g/mol. The van der Waals surface area contributed by atoms with Gasteiger partial charge in [0, 0.05) is 32.6 Å². The van der Waals surface area contributed by atoms with Crippen LogP contribution in [0, 0.1) is 0 Å².